The number of rotatable bonds is 7. The Morgan fingerprint density at radius 2 is 1.76 bits per heavy atom. The van der Waals surface area contributed by atoms with Crippen LogP contribution in [-0.4, -0.2) is 35.6 Å². The van der Waals surface area contributed by atoms with Crippen LogP contribution in [0.4, 0.5) is 0 Å². The first-order valence-electron chi connectivity index (χ1n) is 7.26. The molecule has 0 radical (unpaired) electrons. The van der Waals surface area contributed by atoms with Gasteiger partial charge in [0.1, 0.15) is 6.04 Å². The van der Waals surface area contributed by atoms with Crippen LogP contribution in [0.2, 0.25) is 0 Å². The number of benzene rings is 1. The van der Waals surface area contributed by atoms with Crippen LogP contribution in [0.1, 0.15) is 37.6 Å². The van der Waals surface area contributed by atoms with E-state index in [1.54, 1.807) is 31.2 Å². The summed E-state index contributed by atoms with van der Waals surface area (Å²) in [5, 5.41) is 14.5. The summed E-state index contributed by atoms with van der Waals surface area (Å²) in [6.07, 6.45) is 0.765. The lowest BCUT2D eigenvalue weighted by Gasteiger charge is -2.25. The van der Waals surface area contributed by atoms with Gasteiger partial charge < -0.3 is 15.7 Å². The monoisotopic (exact) mass is 292 g/mol. The lowest BCUT2D eigenvalue weighted by atomic mass is 9.97. The molecule has 0 saturated carbocycles. The van der Waals surface area contributed by atoms with Crippen molar-refractivity contribution in [3.8, 4) is 0 Å². The highest BCUT2D eigenvalue weighted by Gasteiger charge is 2.26. The Kier molecular flexibility index (Phi) is 6.88. The summed E-state index contributed by atoms with van der Waals surface area (Å²) in [6.45, 7) is 5.46. The van der Waals surface area contributed by atoms with Gasteiger partial charge in [0.2, 0.25) is 5.91 Å². The van der Waals surface area contributed by atoms with Gasteiger partial charge in [-0.05, 0) is 25.0 Å². The van der Waals surface area contributed by atoms with Crippen LogP contribution in [0.5, 0.6) is 0 Å². The maximum Gasteiger partial charge on any atom is 0.251 e. The van der Waals surface area contributed by atoms with Crippen molar-refractivity contribution in [1.82, 2.24) is 10.6 Å². The maximum atomic E-state index is 12.2. The standard InChI is InChI=1S/C16H24N2O3/c1-4-11(2)14(16(21)17-12(3)10-19)18-15(20)13-8-6-5-7-9-13/h5-9,11-12,14,19H,4,10H2,1-3H3,(H,17,21)(H,18,20). The number of nitrogens with one attached hydrogen (secondary N) is 2. The summed E-state index contributed by atoms with van der Waals surface area (Å²) >= 11 is 0. The van der Waals surface area contributed by atoms with E-state index >= 15 is 0 Å². The molecule has 3 atom stereocenters. The van der Waals surface area contributed by atoms with Gasteiger partial charge in [-0.1, -0.05) is 38.5 Å². The van der Waals surface area contributed by atoms with Gasteiger partial charge in [-0.15, -0.1) is 0 Å². The summed E-state index contributed by atoms with van der Waals surface area (Å²) in [7, 11) is 0. The first-order valence-corrected chi connectivity index (χ1v) is 7.26. The van der Waals surface area contributed by atoms with Gasteiger partial charge in [0, 0.05) is 11.6 Å². The molecule has 0 saturated heterocycles. The fourth-order valence-corrected chi connectivity index (χ4v) is 1.89. The minimum atomic E-state index is -0.614. The summed E-state index contributed by atoms with van der Waals surface area (Å²) in [5.74, 6) is -0.536. The molecule has 5 nitrogen and oxygen atoms in total. The Balaban J connectivity index is 2.79. The molecule has 1 aromatic carbocycles. The molecule has 0 aliphatic heterocycles. The molecule has 0 aliphatic rings. The van der Waals surface area contributed by atoms with Crippen molar-refractivity contribution in [2.75, 3.05) is 6.61 Å². The number of aliphatic hydroxyl groups is 1. The lowest BCUT2D eigenvalue weighted by Crippen LogP contribution is -2.52. The van der Waals surface area contributed by atoms with Gasteiger partial charge in [0.05, 0.1) is 6.61 Å². The van der Waals surface area contributed by atoms with Crippen LogP contribution < -0.4 is 10.6 Å². The molecule has 1 rings (SSSR count). The number of amides is 2. The van der Waals surface area contributed by atoms with E-state index in [4.69, 9.17) is 5.11 Å². The van der Waals surface area contributed by atoms with Gasteiger partial charge >= 0.3 is 0 Å². The summed E-state index contributed by atoms with van der Waals surface area (Å²) < 4.78 is 0. The zero-order chi connectivity index (χ0) is 15.8. The Bertz CT molecular complexity index is 462. The molecule has 5 heteroatoms. The minimum absolute atomic E-state index is 0.00329. The topological polar surface area (TPSA) is 78.4 Å². The molecule has 0 aliphatic carbocycles. The number of aliphatic hydroxyl groups excluding tert-OH is 1. The smallest absolute Gasteiger partial charge is 0.251 e. The largest absolute Gasteiger partial charge is 0.394 e. The van der Waals surface area contributed by atoms with E-state index in [9.17, 15) is 9.59 Å². The number of carbonyl (C=O) groups is 2. The van der Waals surface area contributed by atoms with Gasteiger partial charge in [-0.3, -0.25) is 9.59 Å². The second-order valence-electron chi connectivity index (χ2n) is 5.29. The third-order valence-electron chi connectivity index (χ3n) is 3.48. The number of hydrogen-bond donors (Lipinski definition) is 3. The highest BCUT2D eigenvalue weighted by atomic mass is 16.3. The predicted octanol–water partition coefficient (Wildman–Crippen LogP) is 1.33. The van der Waals surface area contributed by atoms with Gasteiger partial charge in [0.15, 0.2) is 0 Å². The Labute approximate surface area is 125 Å². The first-order chi connectivity index (χ1) is 9.99. The van der Waals surface area contributed by atoms with E-state index in [0.717, 1.165) is 6.42 Å². The van der Waals surface area contributed by atoms with Crippen LogP contribution in [0.3, 0.4) is 0 Å². The third-order valence-corrected chi connectivity index (χ3v) is 3.48. The zero-order valence-electron chi connectivity index (χ0n) is 12.8. The molecular formula is C16H24N2O3. The van der Waals surface area contributed by atoms with Crippen LogP contribution in [0, 0.1) is 5.92 Å². The SMILES string of the molecule is CCC(C)C(NC(=O)c1ccccc1)C(=O)NC(C)CO. The molecule has 3 N–H and O–H groups in total. The van der Waals surface area contributed by atoms with Crippen molar-refractivity contribution >= 4 is 11.8 Å². The molecule has 116 valence electrons. The second kappa shape index (κ2) is 8.42. The van der Waals surface area contributed by atoms with E-state index in [2.05, 4.69) is 10.6 Å². The molecule has 1 aromatic rings. The van der Waals surface area contributed by atoms with Crippen LogP contribution >= 0.6 is 0 Å². The summed E-state index contributed by atoms with van der Waals surface area (Å²) in [5.41, 5.74) is 0.522. The van der Waals surface area contributed by atoms with Crippen LogP contribution in [-0.2, 0) is 4.79 Å². The van der Waals surface area contributed by atoms with Crippen molar-refractivity contribution < 1.29 is 14.7 Å². The van der Waals surface area contributed by atoms with Crippen molar-refractivity contribution in [3.05, 3.63) is 35.9 Å². The van der Waals surface area contributed by atoms with Gasteiger partial charge in [-0.2, -0.15) is 0 Å². The average Bonchev–Trinajstić information content (AvgIpc) is 2.52. The Hall–Kier alpha value is -1.88. The number of hydrogen-bond acceptors (Lipinski definition) is 3. The van der Waals surface area contributed by atoms with E-state index < -0.39 is 6.04 Å². The normalized spacial score (nSPS) is 14.9. The third kappa shape index (κ3) is 5.19. The van der Waals surface area contributed by atoms with E-state index in [1.807, 2.05) is 19.9 Å². The molecule has 0 spiro atoms. The molecule has 0 heterocycles. The minimum Gasteiger partial charge on any atom is -0.394 e. The summed E-state index contributed by atoms with van der Waals surface area (Å²) in [4.78, 5) is 24.4. The molecular weight excluding hydrogens is 268 g/mol. The first kappa shape index (κ1) is 17.2. The Morgan fingerprint density at radius 3 is 2.29 bits per heavy atom. The van der Waals surface area contributed by atoms with E-state index in [1.165, 1.54) is 0 Å². The molecule has 3 unspecified atom stereocenters. The fourth-order valence-electron chi connectivity index (χ4n) is 1.89. The van der Waals surface area contributed by atoms with E-state index in [-0.39, 0.29) is 30.4 Å². The molecule has 0 fully saturated rings. The Morgan fingerprint density at radius 1 is 1.14 bits per heavy atom. The van der Waals surface area contributed by atoms with Crippen LogP contribution in [0.15, 0.2) is 30.3 Å². The highest BCUT2D eigenvalue weighted by Crippen LogP contribution is 2.10. The van der Waals surface area contributed by atoms with E-state index in [0.29, 0.717) is 5.56 Å². The zero-order valence-corrected chi connectivity index (χ0v) is 12.8. The summed E-state index contributed by atoms with van der Waals surface area (Å²) in [6, 6.07) is 7.85. The van der Waals surface area contributed by atoms with Crippen molar-refractivity contribution in [3.63, 3.8) is 0 Å². The predicted molar refractivity (Wildman–Crippen MR) is 81.8 cm³/mol. The maximum absolute atomic E-state index is 12.2. The molecule has 0 bridgehead atoms. The quantitative estimate of drug-likeness (QED) is 0.709. The van der Waals surface area contributed by atoms with Crippen molar-refractivity contribution in [1.29, 1.82) is 0 Å². The molecule has 0 aromatic heterocycles. The molecule has 21 heavy (non-hydrogen) atoms. The molecule has 2 amide bonds. The fraction of sp³-hybridized carbons (Fsp3) is 0.500. The lowest BCUT2D eigenvalue weighted by molar-refractivity contribution is -0.125. The average molecular weight is 292 g/mol. The van der Waals surface area contributed by atoms with Crippen molar-refractivity contribution in [2.24, 2.45) is 5.92 Å². The van der Waals surface area contributed by atoms with Crippen molar-refractivity contribution in [2.45, 2.75) is 39.3 Å². The second-order valence-corrected chi connectivity index (χ2v) is 5.29. The van der Waals surface area contributed by atoms with Crippen LogP contribution in [0.25, 0.3) is 0 Å². The highest BCUT2D eigenvalue weighted by molar-refractivity contribution is 5.97. The van der Waals surface area contributed by atoms with Gasteiger partial charge in [0.25, 0.3) is 5.91 Å². The van der Waals surface area contributed by atoms with Gasteiger partial charge in [-0.25, -0.2) is 0 Å². The number of carbonyl (C=O) groups excluding carboxylic acids is 2.